The van der Waals surface area contributed by atoms with Gasteiger partial charge in [-0.2, -0.15) is 0 Å². The van der Waals surface area contributed by atoms with Crippen molar-refractivity contribution in [1.29, 1.82) is 0 Å². The molecule has 4 nitrogen and oxygen atoms in total. The summed E-state index contributed by atoms with van der Waals surface area (Å²) in [5.41, 5.74) is -0.661. The number of hydrogen-bond donors (Lipinski definition) is 1. The van der Waals surface area contributed by atoms with Crippen molar-refractivity contribution in [3.8, 4) is 5.75 Å². The van der Waals surface area contributed by atoms with Crippen molar-refractivity contribution in [3.05, 3.63) is 29.8 Å². The molecule has 1 aromatic carbocycles. The highest BCUT2D eigenvalue weighted by Crippen LogP contribution is 2.34. The zero-order valence-corrected chi connectivity index (χ0v) is 10.5. The molecule has 1 unspecified atom stereocenters. The third-order valence-electron chi connectivity index (χ3n) is 3.11. The normalized spacial score (nSPS) is 27.6. The van der Waals surface area contributed by atoms with Crippen LogP contribution in [0.4, 0.5) is 0 Å². The van der Waals surface area contributed by atoms with E-state index in [1.54, 1.807) is 31.4 Å². The Morgan fingerprint density at radius 3 is 2.82 bits per heavy atom. The fraction of sp³-hybridized carbons (Fsp3) is 0.500. The topological polar surface area (TPSA) is 63.6 Å². The molecule has 0 saturated carbocycles. The predicted octanol–water partition coefficient (Wildman–Crippen LogP) is 1.09. The maximum Gasteiger partial charge on any atom is 0.153 e. The third kappa shape index (κ3) is 2.61. The Morgan fingerprint density at radius 1 is 1.41 bits per heavy atom. The van der Waals surface area contributed by atoms with Crippen LogP contribution in [-0.4, -0.2) is 32.1 Å². The van der Waals surface area contributed by atoms with E-state index >= 15 is 0 Å². The Morgan fingerprint density at radius 2 is 2.18 bits per heavy atom. The molecule has 0 aromatic heterocycles. The molecule has 1 atom stereocenters. The van der Waals surface area contributed by atoms with Gasteiger partial charge in [-0.25, -0.2) is 8.42 Å². The smallest absolute Gasteiger partial charge is 0.153 e. The van der Waals surface area contributed by atoms with E-state index in [0.29, 0.717) is 24.2 Å². The molecule has 0 radical (unpaired) electrons. The van der Waals surface area contributed by atoms with Crippen molar-refractivity contribution >= 4 is 9.84 Å². The summed E-state index contributed by atoms with van der Waals surface area (Å²) in [6, 6.07) is 6.96. The number of methoxy groups -OCH3 is 1. The maximum atomic E-state index is 11.6. The molecule has 94 valence electrons. The minimum atomic E-state index is -3.15. The average Bonchev–Trinajstić information content (AvgIpc) is 2.27. The Balaban J connectivity index is 2.37. The first-order valence-electron chi connectivity index (χ1n) is 5.53. The lowest BCUT2D eigenvalue weighted by Crippen LogP contribution is -2.39. The first-order chi connectivity index (χ1) is 7.95. The Hall–Kier alpha value is -1.07. The Kier molecular flexibility index (Phi) is 3.14. The van der Waals surface area contributed by atoms with Gasteiger partial charge >= 0.3 is 0 Å². The monoisotopic (exact) mass is 256 g/mol. The van der Waals surface area contributed by atoms with Crippen LogP contribution in [-0.2, 0) is 15.4 Å². The van der Waals surface area contributed by atoms with Crippen LogP contribution in [0, 0.1) is 0 Å². The van der Waals surface area contributed by atoms with Crippen LogP contribution in [0.3, 0.4) is 0 Å². The molecule has 1 heterocycles. The van der Waals surface area contributed by atoms with E-state index in [0.717, 1.165) is 0 Å². The minimum absolute atomic E-state index is 0.166. The lowest BCUT2D eigenvalue weighted by Gasteiger charge is -2.32. The molecule has 5 heteroatoms. The molecular formula is C12H16O4S. The second-order valence-electron chi connectivity index (χ2n) is 4.46. The van der Waals surface area contributed by atoms with Crippen LogP contribution < -0.4 is 4.74 Å². The van der Waals surface area contributed by atoms with Crippen molar-refractivity contribution in [3.63, 3.8) is 0 Å². The van der Waals surface area contributed by atoms with Gasteiger partial charge in [-0.3, -0.25) is 0 Å². The van der Waals surface area contributed by atoms with E-state index in [9.17, 15) is 13.5 Å². The van der Waals surface area contributed by atoms with Crippen molar-refractivity contribution in [2.75, 3.05) is 18.6 Å². The van der Waals surface area contributed by atoms with Gasteiger partial charge in [0.25, 0.3) is 0 Å². The minimum Gasteiger partial charge on any atom is -0.497 e. The molecule has 17 heavy (non-hydrogen) atoms. The molecule has 1 aliphatic rings. The second kappa shape index (κ2) is 4.31. The lowest BCUT2D eigenvalue weighted by molar-refractivity contribution is 0.0465. The van der Waals surface area contributed by atoms with Gasteiger partial charge in [0, 0.05) is 0 Å². The molecule has 2 rings (SSSR count). The number of aliphatic hydroxyl groups is 1. The molecular weight excluding hydrogens is 240 g/mol. The third-order valence-corrected chi connectivity index (χ3v) is 4.94. The maximum absolute atomic E-state index is 11.6. The lowest BCUT2D eigenvalue weighted by atomic mass is 9.91. The van der Waals surface area contributed by atoms with Crippen LogP contribution in [0.15, 0.2) is 24.3 Å². The number of benzene rings is 1. The number of hydrogen-bond acceptors (Lipinski definition) is 4. The summed E-state index contributed by atoms with van der Waals surface area (Å²) in [7, 11) is -1.61. The van der Waals surface area contributed by atoms with Crippen molar-refractivity contribution in [1.82, 2.24) is 0 Å². The van der Waals surface area contributed by atoms with E-state index in [-0.39, 0.29) is 11.5 Å². The summed E-state index contributed by atoms with van der Waals surface area (Å²) in [5.74, 6) is 0.589. The first-order valence-corrected chi connectivity index (χ1v) is 7.35. The number of rotatable bonds is 2. The van der Waals surface area contributed by atoms with Crippen LogP contribution >= 0.6 is 0 Å². The predicted molar refractivity (Wildman–Crippen MR) is 64.8 cm³/mol. The summed E-state index contributed by atoms with van der Waals surface area (Å²) in [6.07, 6.45) is 0.968. The van der Waals surface area contributed by atoms with Gasteiger partial charge in [-0.05, 0) is 30.5 Å². The Labute approximate surface area is 101 Å². The van der Waals surface area contributed by atoms with Crippen molar-refractivity contribution in [2.45, 2.75) is 18.4 Å². The molecule has 1 saturated heterocycles. The van der Waals surface area contributed by atoms with E-state index < -0.39 is 15.4 Å². The molecule has 1 N–H and O–H groups in total. The molecule has 0 amide bonds. The molecule has 1 aliphatic heterocycles. The fourth-order valence-corrected chi connectivity index (χ4v) is 4.00. The Bertz CT molecular complexity index is 509. The van der Waals surface area contributed by atoms with Gasteiger partial charge in [0.05, 0.1) is 18.6 Å². The molecule has 0 aliphatic carbocycles. The molecule has 1 fully saturated rings. The van der Waals surface area contributed by atoms with E-state index in [1.165, 1.54) is 0 Å². The zero-order valence-electron chi connectivity index (χ0n) is 9.72. The highest BCUT2D eigenvalue weighted by Gasteiger charge is 2.38. The summed E-state index contributed by atoms with van der Waals surface area (Å²) >= 11 is 0. The zero-order chi connectivity index (χ0) is 12.5. The van der Waals surface area contributed by atoms with Gasteiger partial charge in [-0.15, -0.1) is 0 Å². The standard InChI is InChI=1S/C12H16O4S/c1-16-11-5-2-4-10(8-11)12(13)6-3-7-17(14,15)9-12/h2,4-5,8,13H,3,6-7,9H2,1H3. The number of ether oxygens (including phenoxy) is 1. The van der Waals surface area contributed by atoms with E-state index in [4.69, 9.17) is 4.74 Å². The van der Waals surface area contributed by atoms with Gasteiger partial charge < -0.3 is 9.84 Å². The van der Waals surface area contributed by atoms with Crippen molar-refractivity contribution in [2.24, 2.45) is 0 Å². The van der Waals surface area contributed by atoms with Crippen LogP contribution in [0.5, 0.6) is 5.75 Å². The van der Waals surface area contributed by atoms with Gasteiger partial charge in [0.1, 0.15) is 11.4 Å². The SMILES string of the molecule is COc1cccc(C2(O)CCCS(=O)(=O)C2)c1. The first kappa shape index (κ1) is 12.4. The second-order valence-corrected chi connectivity index (χ2v) is 6.64. The van der Waals surface area contributed by atoms with E-state index in [1.807, 2.05) is 0 Å². The average molecular weight is 256 g/mol. The van der Waals surface area contributed by atoms with Crippen LogP contribution in [0.25, 0.3) is 0 Å². The summed E-state index contributed by atoms with van der Waals surface area (Å²) < 4.78 is 28.3. The quantitative estimate of drug-likeness (QED) is 0.860. The summed E-state index contributed by atoms with van der Waals surface area (Å²) in [6.45, 7) is 0. The highest BCUT2D eigenvalue weighted by atomic mass is 32.2. The van der Waals surface area contributed by atoms with Crippen LogP contribution in [0.2, 0.25) is 0 Å². The molecule has 1 aromatic rings. The largest absolute Gasteiger partial charge is 0.497 e. The fourth-order valence-electron chi connectivity index (χ4n) is 2.23. The van der Waals surface area contributed by atoms with Gasteiger partial charge in [0.2, 0.25) is 0 Å². The van der Waals surface area contributed by atoms with Gasteiger partial charge in [0.15, 0.2) is 9.84 Å². The molecule has 0 bridgehead atoms. The number of sulfone groups is 1. The highest BCUT2D eigenvalue weighted by molar-refractivity contribution is 7.91. The summed E-state index contributed by atoms with van der Waals surface area (Å²) in [5, 5.41) is 10.5. The van der Waals surface area contributed by atoms with Crippen LogP contribution in [0.1, 0.15) is 18.4 Å². The molecule has 0 spiro atoms. The van der Waals surface area contributed by atoms with E-state index in [2.05, 4.69) is 0 Å². The summed E-state index contributed by atoms with van der Waals surface area (Å²) in [4.78, 5) is 0. The van der Waals surface area contributed by atoms with Crippen molar-refractivity contribution < 1.29 is 18.3 Å². The van der Waals surface area contributed by atoms with Gasteiger partial charge in [-0.1, -0.05) is 12.1 Å².